The summed E-state index contributed by atoms with van der Waals surface area (Å²) in [6.07, 6.45) is 2.24. The van der Waals surface area contributed by atoms with Crippen LogP contribution in [-0.4, -0.2) is 29.8 Å². The number of para-hydroxylation sites is 1. The lowest BCUT2D eigenvalue weighted by molar-refractivity contribution is 0.0949. The minimum absolute atomic E-state index is 0.161. The zero-order chi connectivity index (χ0) is 13.7. The molecule has 0 aliphatic carbocycles. The maximum absolute atomic E-state index is 11.7. The number of nitrogens with one attached hydrogen (secondary N) is 2. The summed E-state index contributed by atoms with van der Waals surface area (Å²) in [6, 6.07) is 7.48. The number of nitrogens with zero attached hydrogens (tertiary/aromatic N) is 1. The number of hydrogen-bond acceptors (Lipinski definition) is 3. The van der Waals surface area contributed by atoms with Gasteiger partial charge in [-0.2, -0.15) is 5.10 Å². The number of carbonyl (C=O) groups is 1. The molecule has 0 unspecified atom stereocenters. The van der Waals surface area contributed by atoms with Crippen LogP contribution in [0, 0.1) is 0 Å². The maximum Gasteiger partial charge on any atom is 0.269 e. The number of methoxy groups -OCH3 is 1. The number of aromatic nitrogens is 2. The van der Waals surface area contributed by atoms with Gasteiger partial charge in [-0.05, 0) is 40.0 Å². The summed E-state index contributed by atoms with van der Waals surface area (Å²) in [5.41, 5.74) is 1.50. The normalized spacial score (nSPS) is 10.2. The van der Waals surface area contributed by atoms with E-state index in [0.29, 0.717) is 18.7 Å². The highest BCUT2D eigenvalue weighted by molar-refractivity contribution is 9.10. The van der Waals surface area contributed by atoms with Crippen molar-refractivity contribution in [1.29, 1.82) is 0 Å². The largest absolute Gasteiger partial charge is 0.495 e. The molecule has 2 rings (SSSR count). The van der Waals surface area contributed by atoms with E-state index in [1.54, 1.807) is 19.4 Å². The molecule has 2 aromatic rings. The second-order valence-corrected chi connectivity index (χ2v) is 4.76. The fourth-order valence-corrected chi connectivity index (χ4v) is 2.34. The van der Waals surface area contributed by atoms with Gasteiger partial charge in [-0.1, -0.05) is 12.1 Å². The van der Waals surface area contributed by atoms with Crippen LogP contribution in [0.5, 0.6) is 5.75 Å². The van der Waals surface area contributed by atoms with E-state index < -0.39 is 0 Å². The standard InChI is InChI=1S/C13H14BrN3O2/c1-19-12-9(3-2-4-10(12)14)5-7-15-13(18)11-6-8-16-17-11/h2-4,6,8H,5,7H2,1H3,(H,15,18)(H,16,17). The van der Waals surface area contributed by atoms with Crippen LogP contribution in [0.2, 0.25) is 0 Å². The van der Waals surface area contributed by atoms with Crippen molar-refractivity contribution in [2.75, 3.05) is 13.7 Å². The average Bonchev–Trinajstić information content (AvgIpc) is 2.93. The molecule has 0 bridgehead atoms. The third-order valence-corrected chi connectivity index (χ3v) is 3.30. The first-order valence-electron chi connectivity index (χ1n) is 5.81. The number of hydrogen-bond donors (Lipinski definition) is 2. The molecular weight excluding hydrogens is 310 g/mol. The molecule has 1 aromatic carbocycles. The Morgan fingerprint density at radius 1 is 1.47 bits per heavy atom. The van der Waals surface area contributed by atoms with E-state index in [2.05, 4.69) is 31.4 Å². The van der Waals surface area contributed by atoms with Crippen molar-refractivity contribution in [3.05, 3.63) is 46.2 Å². The zero-order valence-electron chi connectivity index (χ0n) is 10.4. The van der Waals surface area contributed by atoms with Crippen molar-refractivity contribution in [2.45, 2.75) is 6.42 Å². The van der Waals surface area contributed by atoms with Crippen LogP contribution in [0.15, 0.2) is 34.9 Å². The van der Waals surface area contributed by atoms with Crippen LogP contribution in [0.25, 0.3) is 0 Å². The summed E-state index contributed by atoms with van der Waals surface area (Å²) in [5, 5.41) is 9.18. The van der Waals surface area contributed by atoms with Gasteiger partial charge in [0.1, 0.15) is 11.4 Å². The van der Waals surface area contributed by atoms with Crippen LogP contribution in [0.4, 0.5) is 0 Å². The highest BCUT2D eigenvalue weighted by Gasteiger charge is 2.09. The Morgan fingerprint density at radius 3 is 3.00 bits per heavy atom. The molecule has 6 heteroatoms. The van der Waals surface area contributed by atoms with Crippen LogP contribution in [0.3, 0.4) is 0 Å². The van der Waals surface area contributed by atoms with Gasteiger partial charge in [-0.3, -0.25) is 9.89 Å². The van der Waals surface area contributed by atoms with Crippen LogP contribution in [0.1, 0.15) is 16.1 Å². The van der Waals surface area contributed by atoms with E-state index in [4.69, 9.17) is 4.74 Å². The van der Waals surface area contributed by atoms with Crippen molar-refractivity contribution in [3.8, 4) is 5.75 Å². The van der Waals surface area contributed by atoms with Crippen LogP contribution in [-0.2, 0) is 6.42 Å². The number of aromatic amines is 1. The Morgan fingerprint density at radius 2 is 2.32 bits per heavy atom. The number of benzene rings is 1. The lowest BCUT2D eigenvalue weighted by atomic mass is 10.1. The summed E-state index contributed by atoms with van der Waals surface area (Å²) in [6.45, 7) is 0.532. The van der Waals surface area contributed by atoms with E-state index in [1.807, 2.05) is 18.2 Å². The van der Waals surface area contributed by atoms with Gasteiger partial charge in [0.05, 0.1) is 11.6 Å². The van der Waals surface area contributed by atoms with Gasteiger partial charge in [0.15, 0.2) is 0 Å². The summed E-state index contributed by atoms with van der Waals surface area (Å²) >= 11 is 3.43. The fourth-order valence-electron chi connectivity index (χ4n) is 1.77. The number of H-pyrrole nitrogens is 1. The number of halogens is 1. The Hall–Kier alpha value is -1.82. The molecule has 0 saturated heterocycles. The van der Waals surface area contributed by atoms with E-state index in [0.717, 1.165) is 15.8 Å². The Kier molecular flexibility index (Phi) is 4.57. The van der Waals surface area contributed by atoms with Gasteiger partial charge in [0.2, 0.25) is 0 Å². The molecule has 2 N–H and O–H groups in total. The Bertz CT molecular complexity index is 555. The van der Waals surface area contributed by atoms with E-state index in [1.165, 1.54) is 0 Å². The summed E-state index contributed by atoms with van der Waals surface area (Å²) < 4.78 is 6.24. The molecule has 0 aliphatic rings. The van der Waals surface area contributed by atoms with Crippen molar-refractivity contribution in [1.82, 2.24) is 15.5 Å². The molecule has 1 amide bonds. The fraction of sp³-hybridized carbons (Fsp3) is 0.231. The van der Waals surface area contributed by atoms with Gasteiger partial charge in [-0.25, -0.2) is 0 Å². The average molecular weight is 324 g/mol. The lowest BCUT2D eigenvalue weighted by Crippen LogP contribution is -2.26. The second kappa shape index (κ2) is 6.38. The van der Waals surface area contributed by atoms with Crippen molar-refractivity contribution >= 4 is 21.8 Å². The highest BCUT2D eigenvalue weighted by Crippen LogP contribution is 2.28. The van der Waals surface area contributed by atoms with E-state index in [9.17, 15) is 4.79 Å². The number of ether oxygens (including phenoxy) is 1. The third kappa shape index (κ3) is 3.35. The highest BCUT2D eigenvalue weighted by atomic mass is 79.9. The third-order valence-electron chi connectivity index (χ3n) is 2.68. The van der Waals surface area contributed by atoms with Gasteiger partial charge < -0.3 is 10.1 Å². The molecule has 0 atom stereocenters. The number of carbonyl (C=O) groups excluding carboxylic acids is 1. The smallest absolute Gasteiger partial charge is 0.269 e. The van der Waals surface area contributed by atoms with Crippen LogP contribution >= 0.6 is 15.9 Å². The predicted molar refractivity (Wildman–Crippen MR) is 75.3 cm³/mol. The van der Waals surface area contributed by atoms with Gasteiger partial charge in [-0.15, -0.1) is 0 Å². The molecule has 5 nitrogen and oxygen atoms in total. The zero-order valence-corrected chi connectivity index (χ0v) is 12.0. The van der Waals surface area contributed by atoms with Gasteiger partial charge >= 0.3 is 0 Å². The van der Waals surface area contributed by atoms with Crippen molar-refractivity contribution < 1.29 is 9.53 Å². The topological polar surface area (TPSA) is 67.0 Å². The second-order valence-electron chi connectivity index (χ2n) is 3.91. The Labute approximate surface area is 119 Å². The van der Waals surface area contributed by atoms with E-state index in [-0.39, 0.29) is 5.91 Å². The van der Waals surface area contributed by atoms with Gasteiger partial charge in [0, 0.05) is 12.7 Å². The van der Waals surface area contributed by atoms with Crippen LogP contribution < -0.4 is 10.1 Å². The Balaban J connectivity index is 1.93. The van der Waals surface area contributed by atoms with Gasteiger partial charge in [0.25, 0.3) is 5.91 Å². The molecule has 0 aliphatic heterocycles. The molecule has 0 spiro atoms. The molecule has 100 valence electrons. The first kappa shape index (κ1) is 13.6. The quantitative estimate of drug-likeness (QED) is 0.886. The first-order chi connectivity index (χ1) is 9.22. The molecular formula is C13H14BrN3O2. The van der Waals surface area contributed by atoms with Crippen molar-refractivity contribution in [3.63, 3.8) is 0 Å². The molecule has 0 fully saturated rings. The number of rotatable bonds is 5. The predicted octanol–water partition coefficient (Wildman–Crippen LogP) is 2.15. The number of amides is 1. The lowest BCUT2D eigenvalue weighted by Gasteiger charge is -2.10. The summed E-state index contributed by atoms with van der Waals surface area (Å²) in [7, 11) is 1.63. The summed E-state index contributed by atoms with van der Waals surface area (Å²) in [5.74, 6) is 0.643. The minimum Gasteiger partial charge on any atom is -0.495 e. The van der Waals surface area contributed by atoms with Crippen molar-refractivity contribution in [2.24, 2.45) is 0 Å². The monoisotopic (exact) mass is 323 g/mol. The molecule has 19 heavy (non-hydrogen) atoms. The molecule has 0 radical (unpaired) electrons. The maximum atomic E-state index is 11.7. The molecule has 1 heterocycles. The van der Waals surface area contributed by atoms with E-state index >= 15 is 0 Å². The minimum atomic E-state index is -0.161. The first-order valence-corrected chi connectivity index (χ1v) is 6.60. The molecule has 0 saturated carbocycles. The molecule has 1 aromatic heterocycles. The SMILES string of the molecule is COc1c(Br)cccc1CCNC(=O)c1ccn[nH]1. The summed E-state index contributed by atoms with van der Waals surface area (Å²) in [4.78, 5) is 11.7.